The summed E-state index contributed by atoms with van der Waals surface area (Å²) in [5, 5.41) is 74.7. The predicted molar refractivity (Wildman–Crippen MR) is 266 cm³/mol. The second-order valence-electron chi connectivity index (χ2n) is 19.3. The smallest absolute Gasteiger partial charge is 0.393 e. The molecule has 1 fully saturated rings. The molecule has 390 valence electrons. The number of nitrogens with one attached hydrogen (secondary N) is 1. The molecule has 0 heterocycles. The number of rotatable bonds is 45. The van der Waals surface area contributed by atoms with Crippen LogP contribution >= 0.6 is 7.82 Å². The van der Waals surface area contributed by atoms with Gasteiger partial charge in [-0.05, 0) is 44.9 Å². The Morgan fingerprint density at radius 2 is 0.879 bits per heavy atom. The molecular formula is C52H100NO12P. The number of carbonyl (C=O) groups is 1. The van der Waals surface area contributed by atoms with Crippen LogP contribution in [0.2, 0.25) is 0 Å². The van der Waals surface area contributed by atoms with Crippen molar-refractivity contribution in [1.82, 2.24) is 5.32 Å². The van der Waals surface area contributed by atoms with Crippen molar-refractivity contribution < 1.29 is 59.0 Å². The maximum absolute atomic E-state index is 13.1. The Hall–Kier alpha value is -1.22. The number of allylic oxidation sites excluding steroid dienone is 3. The minimum absolute atomic E-state index is 0.248. The number of phosphoric acid groups is 1. The lowest BCUT2D eigenvalue weighted by Crippen LogP contribution is -2.64. The Balaban J connectivity index is 2.47. The van der Waals surface area contributed by atoms with Crippen molar-refractivity contribution in [2.75, 3.05) is 6.61 Å². The molecule has 0 aromatic heterocycles. The Labute approximate surface area is 401 Å². The van der Waals surface area contributed by atoms with Gasteiger partial charge in [-0.15, -0.1) is 0 Å². The molecule has 66 heavy (non-hydrogen) atoms. The molecule has 0 aliphatic heterocycles. The van der Waals surface area contributed by atoms with Crippen LogP contribution in [0.1, 0.15) is 239 Å². The van der Waals surface area contributed by atoms with Gasteiger partial charge >= 0.3 is 7.82 Å². The summed E-state index contributed by atoms with van der Waals surface area (Å²) >= 11 is 0. The molecule has 14 heteroatoms. The highest BCUT2D eigenvalue weighted by molar-refractivity contribution is 7.47. The molecule has 0 aromatic rings. The number of aliphatic hydroxyl groups is 7. The van der Waals surface area contributed by atoms with Crippen LogP contribution in [0, 0.1) is 0 Å². The van der Waals surface area contributed by atoms with E-state index in [1.54, 1.807) is 6.08 Å². The van der Waals surface area contributed by atoms with E-state index >= 15 is 0 Å². The SMILES string of the molecule is CCCCCCCCCCC/C=C\CCCCCCCC(O)CC(=O)NC(COP(=O)(O)OC1C(O)C(O)C(O)C(O)C1O)C(O)/C=C/CCCCCCCCCCCCCCCCCC. The largest absolute Gasteiger partial charge is 0.472 e. The molecule has 13 nitrogen and oxygen atoms in total. The van der Waals surface area contributed by atoms with E-state index in [2.05, 4.69) is 31.3 Å². The van der Waals surface area contributed by atoms with Crippen LogP contribution in [0.25, 0.3) is 0 Å². The molecule has 0 radical (unpaired) electrons. The molecule has 1 amide bonds. The van der Waals surface area contributed by atoms with E-state index in [1.807, 2.05) is 0 Å². The van der Waals surface area contributed by atoms with Gasteiger partial charge in [0.1, 0.15) is 36.6 Å². The average molecular weight is 962 g/mol. The molecular weight excluding hydrogens is 862 g/mol. The Kier molecular flexibility index (Phi) is 39.5. The van der Waals surface area contributed by atoms with Crippen LogP contribution in [-0.4, -0.2) is 108 Å². The number of hydrogen-bond donors (Lipinski definition) is 9. The maximum atomic E-state index is 13.1. The molecule has 1 aliphatic carbocycles. The standard InChI is InChI=1S/C52H100NO12P/c1-3-5-7-9-11-13-15-17-19-21-23-25-27-29-31-33-35-37-39-43(54)41-46(56)53-44(42-64-66(62,63)65-52-50(60)48(58)47(57)49(59)51(52)61)45(55)40-38-36-34-32-30-28-26-24-22-20-18-16-14-12-10-8-6-4-2/h23,25,38,40,43-45,47-52,54-55,57-61H,3-22,24,26-37,39,41-42H2,1-2H3,(H,53,56)(H,62,63)/b25-23-,40-38+. The molecule has 0 saturated heterocycles. The molecule has 1 aliphatic rings. The summed E-state index contributed by atoms with van der Waals surface area (Å²) in [7, 11) is -5.15. The van der Waals surface area contributed by atoms with E-state index < -0.39 is 75.2 Å². The molecule has 8 atom stereocenters. The van der Waals surface area contributed by atoms with Gasteiger partial charge in [0, 0.05) is 0 Å². The van der Waals surface area contributed by atoms with Crippen molar-refractivity contribution in [2.24, 2.45) is 0 Å². The van der Waals surface area contributed by atoms with E-state index in [-0.39, 0.29) is 6.42 Å². The third-order valence-electron chi connectivity index (χ3n) is 13.0. The first kappa shape index (κ1) is 62.8. The average Bonchev–Trinajstić information content (AvgIpc) is 3.29. The van der Waals surface area contributed by atoms with Crippen LogP contribution in [0.5, 0.6) is 0 Å². The monoisotopic (exact) mass is 962 g/mol. The molecule has 1 saturated carbocycles. The first-order chi connectivity index (χ1) is 31.8. The fraction of sp³-hybridized carbons (Fsp3) is 0.904. The number of amides is 1. The number of hydrogen-bond acceptors (Lipinski definition) is 11. The van der Waals surface area contributed by atoms with E-state index in [1.165, 1.54) is 147 Å². The number of unbranched alkanes of at least 4 members (excludes halogenated alkanes) is 30. The van der Waals surface area contributed by atoms with Gasteiger partial charge in [-0.2, -0.15) is 0 Å². The minimum Gasteiger partial charge on any atom is -0.393 e. The van der Waals surface area contributed by atoms with Crippen molar-refractivity contribution in [3.63, 3.8) is 0 Å². The lowest BCUT2D eigenvalue weighted by Gasteiger charge is -2.41. The fourth-order valence-corrected chi connectivity index (χ4v) is 9.62. The predicted octanol–water partition coefficient (Wildman–Crippen LogP) is 10.3. The van der Waals surface area contributed by atoms with Crippen LogP contribution in [0.15, 0.2) is 24.3 Å². The van der Waals surface area contributed by atoms with Crippen molar-refractivity contribution in [2.45, 2.75) is 293 Å². The molecule has 9 N–H and O–H groups in total. The van der Waals surface area contributed by atoms with Crippen molar-refractivity contribution in [1.29, 1.82) is 0 Å². The summed E-state index contributed by atoms with van der Waals surface area (Å²) in [6, 6.07) is -1.24. The van der Waals surface area contributed by atoms with Gasteiger partial charge in [0.25, 0.3) is 0 Å². The van der Waals surface area contributed by atoms with Crippen LogP contribution in [0.3, 0.4) is 0 Å². The topological polar surface area (TPSA) is 226 Å². The second-order valence-corrected chi connectivity index (χ2v) is 20.7. The molecule has 8 unspecified atom stereocenters. The highest BCUT2D eigenvalue weighted by Crippen LogP contribution is 2.47. The lowest BCUT2D eigenvalue weighted by molar-refractivity contribution is -0.220. The van der Waals surface area contributed by atoms with Crippen LogP contribution in [-0.2, 0) is 18.4 Å². The third kappa shape index (κ3) is 32.6. The number of carbonyl (C=O) groups excluding carboxylic acids is 1. The van der Waals surface area contributed by atoms with Gasteiger partial charge < -0.3 is 46.0 Å². The van der Waals surface area contributed by atoms with Crippen molar-refractivity contribution >= 4 is 13.7 Å². The maximum Gasteiger partial charge on any atom is 0.472 e. The van der Waals surface area contributed by atoms with Gasteiger partial charge in [0.2, 0.25) is 5.91 Å². The normalized spacial score (nSPS) is 22.5. The highest BCUT2D eigenvalue weighted by Gasteiger charge is 2.51. The molecule has 0 aromatic carbocycles. The summed E-state index contributed by atoms with van der Waals surface area (Å²) in [4.78, 5) is 23.5. The quantitative estimate of drug-likeness (QED) is 0.0158. The Morgan fingerprint density at radius 3 is 1.29 bits per heavy atom. The van der Waals surface area contributed by atoms with Gasteiger partial charge in [-0.3, -0.25) is 13.8 Å². The molecule has 0 spiro atoms. The Morgan fingerprint density at radius 1 is 0.530 bits per heavy atom. The molecule has 0 bridgehead atoms. The zero-order valence-corrected chi connectivity index (χ0v) is 42.5. The van der Waals surface area contributed by atoms with Gasteiger partial charge in [-0.1, -0.05) is 212 Å². The summed E-state index contributed by atoms with van der Waals surface area (Å²) < 4.78 is 23.0. The first-order valence-electron chi connectivity index (χ1n) is 26.9. The number of aliphatic hydroxyl groups excluding tert-OH is 7. The van der Waals surface area contributed by atoms with E-state index in [9.17, 15) is 50.0 Å². The third-order valence-corrected chi connectivity index (χ3v) is 14.0. The second kappa shape index (κ2) is 41.6. The highest BCUT2D eigenvalue weighted by atomic mass is 31.2. The van der Waals surface area contributed by atoms with Gasteiger partial charge in [-0.25, -0.2) is 4.57 Å². The lowest BCUT2D eigenvalue weighted by atomic mass is 9.85. The first-order valence-corrected chi connectivity index (χ1v) is 28.4. The fourth-order valence-electron chi connectivity index (χ4n) is 8.65. The number of phosphoric ester groups is 1. The van der Waals surface area contributed by atoms with Crippen LogP contribution < -0.4 is 5.32 Å². The van der Waals surface area contributed by atoms with Gasteiger partial charge in [0.15, 0.2) is 0 Å². The summed E-state index contributed by atoms with van der Waals surface area (Å²) in [6.45, 7) is 3.77. The van der Waals surface area contributed by atoms with Crippen molar-refractivity contribution in [3.05, 3.63) is 24.3 Å². The van der Waals surface area contributed by atoms with Gasteiger partial charge in [0.05, 0.1) is 31.3 Å². The van der Waals surface area contributed by atoms with Crippen molar-refractivity contribution in [3.8, 4) is 0 Å². The summed E-state index contributed by atoms with van der Waals surface area (Å²) in [5.74, 6) is -0.595. The summed E-state index contributed by atoms with van der Waals surface area (Å²) in [6.07, 6.45) is 34.0. The van der Waals surface area contributed by atoms with Crippen LogP contribution in [0.4, 0.5) is 0 Å². The van der Waals surface area contributed by atoms with E-state index in [0.29, 0.717) is 12.8 Å². The van der Waals surface area contributed by atoms with E-state index in [0.717, 1.165) is 64.2 Å². The minimum atomic E-state index is -5.15. The van der Waals surface area contributed by atoms with E-state index in [4.69, 9.17) is 9.05 Å². The zero-order valence-electron chi connectivity index (χ0n) is 41.6. The Bertz CT molecular complexity index is 1230. The zero-order chi connectivity index (χ0) is 48.7. The molecule has 1 rings (SSSR count). The summed E-state index contributed by atoms with van der Waals surface area (Å²) in [5.41, 5.74) is 0.